The molecule has 17 heavy (non-hydrogen) atoms. The molecule has 1 atom stereocenters. The van der Waals surface area contributed by atoms with E-state index in [9.17, 15) is 0 Å². The summed E-state index contributed by atoms with van der Waals surface area (Å²) >= 11 is 0. The van der Waals surface area contributed by atoms with Crippen molar-refractivity contribution < 1.29 is 0 Å². The van der Waals surface area contributed by atoms with Crippen molar-refractivity contribution in [2.24, 2.45) is 5.73 Å². The zero-order chi connectivity index (χ0) is 12.8. The van der Waals surface area contributed by atoms with E-state index in [1.165, 1.54) is 11.1 Å². The Labute approximate surface area is 104 Å². The van der Waals surface area contributed by atoms with Crippen LogP contribution in [0.15, 0.2) is 54.6 Å². The molecule has 0 aliphatic heterocycles. The number of aryl methyl sites for hydroxylation is 1. The smallest absolute Gasteiger partial charge is 0.0288 e. The Hall–Kier alpha value is -1.60. The first-order chi connectivity index (χ1) is 8.00. The largest absolute Gasteiger partial charge is 0.324 e. The fourth-order valence-corrected chi connectivity index (χ4v) is 1.51. The molecular weight excluding hydrogens is 206 g/mol. The molecule has 1 rings (SSSR count). The summed E-state index contributed by atoms with van der Waals surface area (Å²) in [6.07, 6.45) is 4.88. The van der Waals surface area contributed by atoms with Gasteiger partial charge in [-0.1, -0.05) is 60.7 Å². The fourth-order valence-electron chi connectivity index (χ4n) is 1.51. The van der Waals surface area contributed by atoms with Gasteiger partial charge in [0.15, 0.2) is 0 Å². The first-order valence-corrected chi connectivity index (χ1v) is 5.83. The number of benzene rings is 1. The van der Waals surface area contributed by atoms with Gasteiger partial charge in [-0.25, -0.2) is 0 Å². The van der Waals surface area contributed by atoms with Crippen molar-refractivity contribution in [1.82, 2.24) is 0 Å². The van der Waals surface area contributed by atoms with Crippen molar-refractivity contribution >= 4 is 6.08 Å². The SMILES string of the molecule is C=C(/C=C\c1ccccc1C)CC(N)C(=C)C. The molecule has 0 aromatic heterocycles. The van der Waals surface area contributed by atoms with Gasteiger partial charge in [-0.3, -0.25) is 0 Å². The number of nitrogens with two attached hydrogens (primary N) is 1. The van der Waals surface area contributed by atoms with Gasteiger partial charge in [0.05, 0.1) is 0 Å². The molecule has 0 bridgehead atoms. The van der Waals surface area contributed by atoms with E-state index in [2.05, 4.69) is 38.3 Å². The summed E-state index contributed by atoms with van der Waals surface area (Å²) in [6, 6.07) is 8.27. The van der Waals surface area contributed by atoms with Crippen molar-refractivity contribution in [3.8, 4) is 0 Å². The molecule has 0 radical (unpaired) electrons. The van der Waals surface area contributed by atoms with Crippen LogP contribution in [-0.2, 0) is 0 Å². The van der Waals surface area contributed by atoms with Gasteiger partial charge in [-0.2, -0.15) is 0 Å². The molecule has 1 aromatic rings. The maximum absolute atomic E-state index is 5.92. The molecule has 1 aromatic carbocycles. The molecule has 0 saturated heterocycles. The topological polar surface area (TPSA) is 26.0 Å². The Bertz CT molecular complexity index is 441. The highest BCUT2D eigenvalue weighted by Crippen LogP contribution is 2.13. The minimum Gasteiger partial charge on any atom is -0.324 e. The van der Waals surface area contributed by atoms with Crippen LogP contribution in [0.4, 0.5) is 0 Å². The summed E-state index contributed by atoms with van der Waals surface area (Å²) in [5.74, 6) is 0. The third-order valence-corrected chi connectivity index (χ3v) is 2.80. The second-order valence-corrected chi connectivity index (χ2v) is 4.51. The third kappa shape index (κ3) is 4.41. The zero-order valence-corrected chi connectivity index (χ0v) is 10.7. The van der Waals surface area contributed by atoms with Crippen LogP contribution in [-0.4, -0.2) is 6.04 Å². The van der Waals surface area contributed by atoms with Crippen LogP contribution in [0.3, 0.4) is 0 Å². The summed E-state index contributed by atoms with van der Waals surface area (Å²) in [7, 11) is 0. The summed E-state index contributed by atoms with van der Waals surface area (Å²) in [5.41, 5.74) is 10.4. The van der Waals surface area contributed by atoms with Crippen molar-refractivity contribution in [1.29, 1.82) is 0 Å². The van der Waals surface area contributed by atoms with Crippen LogP contribution in [0.25, 0.3) is 6.08 Å². The molecule has 0 fully saturated rings. The van der Waals surface area contributed by atoms with E-state index < -0.39 is 0 Å². The van der Waals surface area contributed by atoms with Gasteiger partial charge in [0, 0.05) is 6.04 Å². The Morgan fingerprint density at radius 1 is 1.35 bits per heavy atom. The molecule has 0 aliphatic carbocycles. The monoisotopic (exact) mass is 227 g/mol. The van der Waals surface area contributed by atoms with Crippen molar-refractivity contribution in [3.05, 3.63) is 65.8 Å². The minimum atomic E-state index is 0.00372. The summed E-state index contributed by atoms with van der Waals surface area (Å²) in [5, 5.41) is 0. The lowest BCUT2D eigenvalue weighted by molar-refractivity contribution is 0.771. The van der Waals surface area contributed by atoms with E-state index in [0.717, 1.165) is 17.6 Å². The number of hydrogen-bond acceptors (Lipinski definition) is 1. The minimum absolute atomic E-state index is 0.00372. The quantitative estimate of drug-likeness (QED) is 0.600. The Morgan fingerprint density at radius 3 is 2.59 bits per heavy atom. The van der Waals surface area contributed by atoms with Crippen LogP contribution in [0.2, 0.25) is 0 Å². The highest BCUT2D eigenvalue weighted by molar-refractivity contribution is 5.56. The van der Waals surface area contributed by atoms with E-state index in [1.54, 1.807) is 0 Å². The molecular formula is C16H21N. The van der Waals surface area contributed by atoms with Crippen LogP contribution in [0.5, 0.6) is 0 Å². The first-order valence-electron chi connectivity index (χ1n) is 5.83. The lowest BCUT2D eigenvalue weighted by atomic mass is 10.0. The maximum atomic E-state index is 5.92. The zero-order valence-electron chi connectivity index (χ0n) is 10.7. The molecule has 0 saturated carbocycles. The Balaban J connectivity index is 2.63. The van der Waals surface area contributed by atoms with Crippen LogP contribution < -0.4 is 5.73 Å². The predicted molar refractivity (Wildman–Crippen MR) is 76.8 cm³/mol. The van der Waals surface area contributed by atoms with Crippen LogP contribution in [0.1, 0.15) is 24.5 Å². The second kappa shape index (κ2) is 6.21. The van der Waals surface area contributed by atoms with Gasteiger partial charge in [-0.05, 0) is 31.4 Å². The maximum Gasteiger partial charge on any atom is 0.0288 e. The van der Waals surface area contributed by atoms with Crippen molar-refractivity contribution in [3.63, 3.8) is 0 Å². The molecule has 0 amide bonds. The van der Waals surface area contributed by atoms with E-state index in [0.29, 0.717) is 0 Å². The first kappa shape index (κ1) is 13.5. The van der Waals surface area contributed by atoms with Crippen LogP contribution >= 0.6 is 0 Å². The fraction of sp³-hybridized carbons (Fsp3) is 0.250. The van der Waals surface area contributed by atoms with E-state index in [4.69, 9.17) is 5.73 Å². The molecule has 0 spiro atoms. The predicted octanol–water partition coefficient (Wildman–Crippen LogP) is 3.86. The van der Waals surface area contributed by atoms with Crippen molar-refractivity contribution in [2.75, 3.05) is 0 Å². The molecule has 0 aliphatic rings. The lowest BCUT2D eigenvalue weighted by Gasteiger charge is -2.10. The van der Waals surface area contributed by atoms with E-state index in [-0.39, 0.29) is 6.04 Å². The highest BCUT2D eigenvalue weighted by Gasteiger charge is 2.03. The molecule has 90 valence electrons. The molecule has 0 heterocycles. The van der Waals surface area contributed by atoms with Gasteiger partial charge in [0.2, 0.25) is 0 Å². The van der Waals surface area contributed by atoms with E-state index >= 15 is 0 Å². The summed E-state index contributed by atoms with van der Waals surface area (Å²) in [6.45, 7) is 11.9. The second-order valence-electron chi connectivity index (χ2n) is 4.51. The highest BCUT2D eigenvalue weighted by atomic mass is 14.6. The number of rotatable bonds is 5. The van der Waals surface area contributed by atoms with Gasteiger partial charge in [0.1, 0.15) is 0 Å². The average Bonchev–Trinajstić information content (AvgIpc) is 2.27. The summed E-state index contributed by atoms with van der Waals surface area (Å²) < 4.78 is 0. The van der Waals surface area contributed by atoms with E-state index in [1.807, 2.05) is 25.1 Å². The normalized spacial score (nSPS) is 12.6. The Morgan fingerprint density at radius 2 is 2.00 bits per heavy atom. The van der Waals surface area contributed by atoms with Crippen LogP contribution in [0, 0.1) is 6.92 Å². The standard InChI is InChI=1S/C16H21N/c1-12(2)16(17)11-13(3)9-10-15-8-6-5-7-14(15)4/h5-10,16H,1,3,11,17H2,2,4H3/b10-9-. The average molecular weight is 227 g/mol. The molecule has 1 unspecified atom stereocenters. The lowest BCUT2D eigenvalue weighted by Crippen LogP contribution is -2.20. The molecule has 1 heteroatoms. The van der Waals surface area contributed by atoms with Crippen molar-refractivity contribution in [2.45, 2.75) is 26.3 Å². The van der Waals surface area contributed by atoms with Gasteiger partial charge < -0.3 is 5.73 Å². The number of allylic oxidation sites excluding steroid dienone is 1. The van der Waals surface area contributed by atoms with Gasteiger partial charge in [0.25, 0.3) is 0 Å². The summed E-state index contributed by atoms with van der Waals surface area (Å²) in [4.78, 5) is 0. The molecule has 2 N–H and O–H groups in total. The number of hydrogen-bond donors (Lipinski definition) is 1. The van der Waals surface area contributed by atoms with Gasteiger partial charge >= 0.3 is 0 Å². The third-order valence-electron chi connectivity index (χ3n) is 2.80. The Kier molecular flexibility index (Phi) is 4.92. The van der Waals surface area contributed by atoms with Gasteiger partial charge in [-0.15, -0.1) is 0 Å². The molecule has 1 nitrogen and oxygen atoms in total.